The fourth-order valence-electron chi connectivity index (χ4n) is 3.49. The van der Waals surface area contributed by atoms with Crippen molar-refractivity contribution in [1.29, 1.82) is 0 Å². The Morgan fingerprint density at radius 1 is 1.16 bits per heavy atom. The highest BCUT2D eigenvalue weighted by Crippen LogP contribution is 2.28. The van der Waals surface area contributed by atoms with Crippen molar-refractivity contribution >= 4 is 0 Å². The Hall–Kier alpha value is -0.120. The molecule has 0 spiro atoms. The Bertz CT molecular complexity index is 255. The summed E-state index contributed by atoms with van der Waals surface area (Å²) in [5.74, 6) is 1.48. The molecular weight excluding hydrogens is 236 g/mol. The molecule has 1 N–H and O–H groups in total. The predicted molar refractivity (Wildman–Crippen MR) is 80.4 cm³/mol. The van der Waals surface area contributed by atoms with E-state index in [1.165, 1.54) is 32.2 Å². The number of fused-ring (bicyclic) bond motifs is 1. The van der Waals surface area contributed by atoms with E-state index in [1.54, 1.807) is 0 Å². The molecule has 112 valence electrons. The second kappa shape index (κ2) is 7.61. The van der Waals surface area contributed by atoms with E-state index >= 15 is 0 Å². The first-order chi connectivity index (χ1) is 9.16. The molecule has 3 unspecified atom stereocenters. The van der Waals surface area contributed by atoms with E-state index in [0.29, 0.717) is 12.1 Å². The summed E-state index contributed by atoms with van der Waals surface area (Å²) in [6.45, 7) is 12.5. The summed E-state index contributed by atoms with van der Waals surface area (Å²) in [5, 5.41) is 3.59. The first-order valence-corrected chi connectivity index (χ1v) is 8.23. The van der Waals surface area contributed by atoms with Gasteiger partial charge in [0.2, 0.25) is 0 Å². The van der Waals surface area contributed by atoms with E-state index in [2.05, 4.69) is 31.0 Å². The normalized spacial score (nSPS) is 30.3. The molecule has 0 bridgehead atoms. The fraction of sp³-hybridized carbons (Fsp3) is 1.00. The molecule has 2 rings (SSSR count). The van der Waals surface area contributed by atoms with Crippen molar-refractivity contribution in [2.24, 2.45) is 11.8 Å². The van der Waals surface area contributed by atoms with Crippen LogP contribution in [0, 0.1) is 11.8 Å². The number of ether oxygens (including phenoxy) is 1. The average molecular weight is 268 g/mol. The Labute approximate surface area is 119 Å². The molecule has 3 atom stereocenters. The highest BCUT2D eigenvalue weighted by Gasteiger charge is 2.34. The van der Waals surface area contributed by atoms with Crippen LogP contribution < -0.4 is 5.32 Å². The molecule has 3 nitrogen and oxygen atoms in total. The summed E-state index contributed by atoms with van der Waals surface area (Å²) in [4.78, 5) is 2.70. The Morgan fingerprint density at radius 3 is 2.74 bits per heavy atom. The third kappa shape index (κ3) is 4.73. The molecule has 0 aromatic carbocycles. The maximum absolute atomic E-state index is 5.95. The molecule has 1 aliphatic carbocycles. The molecule has 19 heavy (non-hydrogen) atoms. The smallest absolute Gasteiger partial charge is 0.0730 e. The van der Waals surface area contributed by atoms with Gasteiger partial charge in [0.15, 0.2) is 0 Å². The first kappa shape index (κ1) is 15.3. The van der Waals surface area contributed by atoms with Gasteiger partial charge in [0.25, 0.3) is 0 Å². The molecular formula is C16H32N2O. The van der Waals surface area contributed by atoms with E-state index in [-0.39, 0.29) is 0 Å². The number of morpholine rings is 1. The number of nitrogens with zero attached hydrogens (tertiary/aromatic N) is 1. The maximum Gasteiger partial charge on any atom is 0.0730 e. The van der Waals surface area contributed by atoms with Crippen molar-refractivity contribution in [2.75, 3.05) is 32.8 Å². The fourth-order valence-corrected chi connectivity index (χ4v) is 3.49. The lowest BCUT2D eigenvalue weighted by molar-refractivity contribution is -0.0913. The van der Waals surface area contributed by atoms with Crippen molar-refractivity contribution < 1.29 is 4.74 Å². The van der Waals surface area contributed by atoms with Gasteiger partial charge in [-0.1, -0.05) is 33.6 Å². The van der Waals surface area contributed by atoms with E-state index < -0.39 is 0 Å². The largest absolute Gasteiger partial charge is 0.375 e. The molecule has 3 heteroatoms. The molecule has 2 aliphatic rings. The zero-order chi connectivity index (χ0) is 13.7. The number of hydrogen-bond acceptors (Lipinski definition) is 3. The second-order valence-corrected chi connectivity index (χ2v) is 6.91. The molecule has 1 saturated carbocycles. The lowest BCUT2D eigenvalue weighted by Gasteiger charge is -2.44. The lowest BCUT2D eigenvalue weighted by Crippen LogP contribution is -2.54. The van der Waals surface area contributed by atoms with Crippen molar-refractivity contribution in [3.05, 3.63) is 0 Å². The van der Waals surface area contributed by atoms with Gasteiger partial charge in [-0.05, 0) is 37.8 Å². The number of nitrogens with one attached hydrogen (secondary N) is 1. The van der Waals surface area contributed by atoms with Crippen LogP contribution in [0.2, 0.25) is 0 Å². The Balaban J connectivity index is 1.73. The summed E-state index contributed by atoms with van der Waals surface area (Å²) in [5.41, 5.74) is 0. The van der Waals surface area contributed by atoms with Gasteiger partial charge in [0.1, 0.15) is 0 Å². The van der Waals surface area contributed by atoms with Gasteiger partial charge in [0.05, 0.1) is 12.7 Å². The van der Waals surface area contributed by atoms with E-state index in [9.17, 15) is 0 Å². The highest BCUT2D eigenvalue weighted by atomic mass is 16.5. The molecule has 1 aliphatic heterocycles. The summed E-state index contributed by atoms with van der Waals surface area (Å²) in [6, 6.07) is 0.704. The molecule has 0 aromatic heterocycles. The summed E-state index contributed by atoms with van der Waals surface area (Å²) in [6.07, 6.45) is 5.90. The zero-order valence-electron chi connectivity index (χ0n) is 13.0. The molecule has 1 saturated heterocycles. The number of hydrogen-bond donors (Lipinski definition) is 1. The number of rotatable bonds is 6. The molecule has 0 amide bonds. The molecule has 1 heterocycles. The average Bonchev–Trinajstić information content (AvgIpc) is 2.39. The predicted octanol–water partition coefficient (Wildman–Crippen LogP) is 2.51. The summed E-state index contributed by atoms with van der Waals surface area (Å²) >= 11 is 0. The molecule has 2 fully saturated rings. The van der Waals surface area contributed by atoms with Gasteiger partial charge >= 0.3 is 0 Å². The van der Waals surface area contributed by atoms with Crippen molar-refractivity contribution in [3.8, 4) is 0 Å². The molecule has 0 aromatic rings. The van der Waals surface area contributed by atoms with Crippen molar-refractivity contribution in [3.63, 3.8) is 0 Å². The third-order valence-electron chi connectivity index (χ3n) is 4.44. The first-order valence-electron chi connectivity index (χ1n) is 8.23. The minimum atomic E-state index is 0.526. The van der Waals surface area contributed by atoms with Gasteiger partial charge in [0, 0.05) is 19.1 Å². The minimum absolute atomic E-state index is 0.526. The third-order valence-corrected chi connectivity index (χ3v) is 4.44. The quantitative estimate of drug-likeness (QED) is 0.801. The maximum atomic E-state index is 5.95. The second-order valence-electron chi connectivity index (χ2n) is 6.91. The monoisotopic (exact) mass is 268 g/mol. The van der Waals surface area contributed by atoms with Crippen LogP contribution in [-0.2, 0) is 4.74 Å². The molecule has 0 radical (unpaired) electrons. The van der Waals surface area contributed by atoms with E-state index in [4.69, 9.17) is 4.74 Å². The Kier molecular flexibility index (Phi) is 6.11. The van der Waals surface area contributed by atoms with Gasteiger partial charge in [-0.15, -0.1) is 0 Å². The standard InChI is InChI=1S/C16H32N2O/c1-13(2)10-17-11-14(3)12-18-8-9-19-16-7-5-4-6-15(16)18/h13-17H,4-12H2,1-3H3. The van der Waals surface area contributed by atoms with Gasteiger partial charge in [-0.25, -0.2) is 0 Å². The lowest BCUT2D eigenvalue weighted by atomic mass is 9.89. The van der Waals surface area contributed by atoms with Crippen LogP contribution in [0.1, 0.15) is 46.5 Å². The van der Waals surface area contributed by atoms with Crippen molar-refractivity contribution in [2.45, 2.75) is 58.6 Å². The van der Waals surface area contributed by atoms with E-state index in [0.717, 1.165) is 38.1 Å². The van der Waals surface area contributed by atoms with E-state index in [1.807, 2.05) is 0 Å². The van der Waals surface area contributed by atoms with Crippen LogP contribution in [-0.4, -0.2) is 49.8 Å². The Morgan fingerprint density at radius 2 is 1.95 bits per heavy atom. The van der Waals surface area contributed by atoms with Gasteiger partial charge < -0.3 is 10.1 Å². The zero-order valence-corrected chi connectivity index (χ0v) is 13.0. The van der Waals surface area contributed by atoms with Gasteiger partial charge in [-0.3, -0.25) is 4.90 Å². The topological polar surface area (TPSA) is 24.5 Å². The summed E-state index contributed by atoms with van der Waals surface area (Å²) in [7, 11) is 0. The van der Waals surface area contributed by atoms with Crippen molar-refractivity contribution in [1.82, 2.24) is 10.2 Å². The van der Waals surface area contributed by atoms with Crippen LogP contribution in [0.5, 0.6) is 0 Å². The highest BCUT2D eigenvalue weighted by molar-refractivity contribution is 4.88. The SMILES string of the molecule is CC(C)CNCC(C)CN1CCOC2CCCCC21. The van der Waals surface area contributed by atoms with Crippen LogP contribution in [0.3, 0.4) is 0 Å². The minimum Gasteiger partial charge on any atom is -0.375 e. The van der Waals surface area contributed by atoms with Crippen LogP contribution in [0.25, 0.3) is 0 Å². The van der Waals surface area contributed by atoms with Crippen LogP contribution in [0.4, 0.5) is 0 Å². The van der Waals surface area contributed by atoms with Crippen LogP contribution >= 0.6 is 0 Å². The van der Waals surface area contributed by atoms with Crippen LogP contribution in [0.15, 0.2) is 0 Å². The summed E-state index contributed by atoms with van der Waals surface area (Å²) < 4.78 is 5.95. The van der Waals surface area contributed by atoms with Gasteiger partial charge in [-0.2, -0.15) is 0 Å².